The molecule has 0 radical (unpaired) electrons. The van der Waals surface area contributed by atoms with Gasteiger partial charge in [-0.3, -0.25) is 9.59 Å². The number of nitrogens with one attached hydrogen (secondary N) is 1. The predicted octanol–water partition coefficient (Wildman–Crippen LogP) is 0.477. The summed E-state index contributed by atoms with van der Waals surface area (Å²) >= 11 is 11.6. The molecular weight excluding hydrogens is 363 g/mol. The van der Waals surface area contributed by atoms with Crippen molar-refractivity contribution in [3.8, 4) is 0 Å². The van der Waals surface area contributed by atoms with Crippen molar-refractivity contribution >= 4 is 29.1 Å². The van der Waals surface area contributed by atoms with Gasteiger partial charge < -0.3 is 9.80 Å². The van der Waals surface area contributed by atoms with Crippen molar-refractivity contribution in [3.05, 3.63) is 62.5 Å². The minimum atomic E-state index is -0.546. The van der Waals surface area contributed by atoms with E-state index in [1.165, 1.54) is 16.7 Å². The first-order valence-electron chi connectivity index (χ1n) is 8.11. The van der Waals surface area contributed by atoms with Gasteiger partial charge in [0.2, 0.25) is 5.91 Å². The summed E-state index contributed by atoms with van der Waals surface area (Å²) in [7, 11) is 0. The zero-order valence-corrected chi connectivity index (χ0v) is 15.1. The average molecular weight is 382 g/mol. The molecule has 0 aliphatic carbocycles. The topological polar surface area (TPSA) is 59.6 Å². The molecule has 8 heteroatoms. The van der Waals surface area contributed by atoms with Gasteiger partial charge in [-0.1, -0.05) is 53.5 Å². The number of amides is 1. The quantitative estimate of drug-likeness (QED) is 0.837. The van der Waals surface area contributed by atoms with Crippen LogP contribution in [0.3, 0.4) is 0 Å². The van der Waals surface area contributed by atoms with Crippen LogP contribution in [0.5, 0.6) is 0 Å². The first kappa shape index (κ1) is 17.9. The van der Waals surface area contributed by atoms with Gasteiger partial charge in [0.05, 0.1) is 37.4 Å². The Balaban J connectivity index is 1.55. The van der Waals surface area contributed by atoms with E-state index in [2.05, 4.69) is 17.2 Å². The fraction of sp³-hybridized carbons (Fsp3) is 0.353. The number of halogens is 2. The number of quaternary nitrogens is 1. The van der Waals surface area contributed by atoms with Gasteiger partial charge in [-0.25, -0.2) is 4.68 Å². The lowest BCUT2D eigenvalue weighted by atomic mass is 10.2. The summed E-state index contributed by atoms with van der Waals surface area (Å²) in [6, 6.07) is 10.3. The van der Waals surface area contributed by atoms with E-state index in [4.69, 9.17) is 23.2 Å². The van der Waals surface area contributed by atoms with E-state index in [1.54, 1.807) is 4.90 Å². The van der Waals surface area contributed by atoms with Gasteiger partial charge in [-0.05, 0) is 0 Å². The van der Waals surface area contributed by atoms with E-state index in [-0.39, 0.29) is 22.5 Å². The lowest BCUT2D eigenvalue weighted by molar-refractivity contribution is -0.917. The Morgan fingerprint density at radius 2 is 1.84 bits per heavy atom. The van der Waals surface area contributed by atoms with E-state index >= 15 is 0 Å². The summed E-state index contributed by atoms with van der Waals surface area (Å²) in [5.74, 6) is -0.133. The number of carbonyl (C=O) groups excluding carboxylic acids is 1. The summed E-state index contributed by atoms with van der Waals surface area (Å²) in [4.78, 5) is 27.6. The van der Waals surface area contributed by atoms with E-state index in [0.717, 1.165) is 24.3 Å². The molecule has 0 atom stereocenters. The molecule has 1 aromatic carbocycles. The largest absolute Gasteiger partial charge is 0.330 e. The second-order valence-corrected chi connectivity index (χ2v) is 6.85. The lowest BCUT2D eigenvalue weighted by Gasteiger charge is -2.32. The summed E-state index contributed by atoms with van der Waals surface area (Å²) in [6.07, 6.45) is 1.28. The molecule has 0 unspecified atom stereocenters. The van der Waals surface area contributed by atoms with Crippen molar-refractivity contribution in [1.29, 1.82) is 0 Å². The molecule has 1 aromatic heterocycles. The number of piperazine rings is 1. The van der Waals surface area contributed by atoms with Gasteiger partial charge in [0.1, 0.15) is 18.1 Å². The summed E-state index contributed by atoms with van der Waals surface area (Å²) in [6.45, 7) is 3.92. The second-order valence-electron chi connectivity index (χ2n) is 6.06. The molecule has 6 nitrogen and oxygen atoms in total. The monoisotopic (exact) mass is 381 g/mol. The maximum Gasteiger partial charge on any atom is 0.287 e. The number of aromatic nitrogens is 2. The van der Waals surface area contributed by atoms with E-state index in [1.807, 2.05) is 18.2 Å². The van der Waals surface area contributed by atoms with Crippen LogP contribution in [0.15, 0.2) is 41.3 Å². The molecular formula is C17H19Cl2N4O2+. The third-order valence-corrected chi connectivity index (χ3v) is 5.10. The predicted molar refractivity (Wildman–Crippen MR) is 95.9 cm³/mol. The van der Waals surface area contributed by atoms with Crippen LogP contribution in [0.2, 0.25) is 10.0 Å². The van der Waals surface area contributed by atoms with E-state index < -0.39 is 5.56 Å². The van der Waals surface area contributed by atoms with Gasteiger partial charge >= 0.3 is 0 Å². The molecule has 0 saturated carbocycles. The molecule has 2 aromatic rings. The summed E-state index contributed by atoms with van der Waals surface area (Å²) in [5.41, 5.74) is 0.750. The van der Waals surface area contributed by atoms with Crippen molar-refractivity contribution in [2.24, 2.45) is 0 Å². The minimum Gasteiger partial charge on any atom is -0.330 e. The maximum atomic E-state index is 12.4. The smallest absolute Gasteiger partial charge is 0.287 e. The lowest BCUT2D eigenvalue weighted by Crippen LogP contribution is -3.13. The fourth-order valence-electron chi connectivity index (χ4n) is 2.92. The van der Waals surface area contributed by atoms with Crippen LogP contribution in [-0.4, -0.2) is 46.8 Å². The molecule has 1 fully saturated rings. The maximum absolute atomic E-state index is 12.4. The molecule has 1 amide bonds. The highest BCUT2D eigenvalue weighted by atomic mass is 35.5. The second kappa shape index (κ2) is 7.99. The minimum absolute atomic E-state index is 0.0912. The van der Waals surface area contributed by atoms with Crippen LogP contribution < -0.4 is 10.5 Å². The summed E-state index contributed by atoms with van der Waals surface area (Å²) < 4.78 is 1.06. The van der Waals surface area contributed by atoms with Crippen LogP contribution >= 0.6 is 23.2 Å². The van der Waals surface area contributed by atoms with Gasteiger partial charge in [-0.2, -0.15) is 5.10 Å². The summed E-state index contributed by atoms with van der Waals surface area (Å²) in [5, 5.41) is 3.86. The molecule has 0 bridgehead atoms. The Kier molecular flexibility index (Phi) is 5.73. The van der Waals surface area contributed by atoms with Gasteiger partial charge in [0.15, 0.2) is 0 Å². The highest BCUT2D eigenvalue weighted by Gasteiger charge is 2.24. The van der Waals surface area contributed by atoms with E-state index in [0.29, 0.717) is 13.1 Å². The Hall–Kier alpha value is -1.89. The zero-order valence-electron chi connectivity index (χ0n) is 13.6. The molecule has 3 rings (SSSR count). The SMILES string of the molecule is O=C(Cn1ncc(Cl)c(Cl)c1=O)N1CC[NH+](Cc2ccccc2)CC1. The van der Waals surface area contributed by atoms with Gasteiger partial charge in [0, 0.05) is 5.56 Å². The molecule has 25 heavy (non-hydrogen) atoms. The van der Waals surface area contributed by atoms with Crippen LogP contribution in [0, 0.1) is 0 Å². The first-order valence-corrected chi connectivity index (χ1v) is 8.86. The number of hydrogen-bond donors (Lipinski definition) is 1. The van der Waals surface area contributed by atoms with Crippen molar-refractivity contribution in [2.45, 2.75) is 13.1 Å². The Labute approximate surface area is 155 Å². The fourth-order valence-corrected chi connectivity index (χ4v) is 3.19. The highest BCUT2D eigenvalue weighted by molar-refractivity contribution is 6.41. The molecule has 1 N–H and O–H groups in total. The van der Waals surface area contributed by atoms with Crippen molar-refractivity contribution < 1.29 is 9.69 Å². The number of carbonyl (C=O) groups is 1. The van der Waals surface area contributed by atoms with Crippen molar-refractivity contribution in [2.75, 3.05) is 26.2 Å². The first-order chi connectivity index (χ1) is 12.0. The van der Waals surface area contributed by atoms with Crippen LogP contribution in [0.4, 0.5) is 0 Å². The molecule has 1 aliphatic rings. The van der Waals surface area contributed by atoms with Crippen LogP contribution in [-0.2, 0) is 17.9 Å². The molecule has 132 valence electrons. The van der Waals surface area contributed by atoms with Crippen LogP contribution in [0.1, 0.15) is 5.56 Å². The molecule has 2 heterocycles. The Morgan fingerprint density at radius 3 is 2.52 bits per heavy atom. The van der Waals surface area contributed by atoms with Gasteiger partial charge in [-0.15, -0.1) is 0 Å². The van der Waals surface area contributed by atoms with Crippen LogP contribution in [0.25, 0.3) is 0 Å². The standard InChI is InChI=1S/C17H18Cl2N4O2/c18-14-10-20-23(17(25)16(14)19)12-15(24)22-8-6-21(7-9-22)11-13-4-2-1-3-5-13/h1-5,10H,6-9,11-12H2/p+1. The number of hydrogen-bond acceptors (Lipinski definition) is 3. The third-order valence-electron chi connectivity index (χ3n) is 4.35. The number of benzene rings is 1. The molecule has 1 aliphatic heterocycles. The normalized spacial score (nSPS) is 15.4. The Morgan fingerprint density at radius 1 is 1.16 bits per heavy atom. The highest BCUT2D eigenvalue weighted by Crippen LogP contribution is 2.14. The third kappa shape index (κ3) is 4.39. The average Bonchev–Trinajstić information content (AvgIpc) is 2.63. The van der Waals surface area contributed by atoms with Crippen molar-refractivity contribution in [3.63, 3.8) is 0 Å². The van der Waals surface area contributed by atoms with E-state index in [9.17, 15) is 9.59 Å². The molecule has 0 spiro atoms. The number of rotatable bonds is 4. The Bertz CT molecular complexity index is 802. The zero-order chi connectivity index (χ0) is 17.8. The number of nitrogens with zero attached hydrogens (tertiary/aromatic N) is 3. The van der Waals surface area contributed by atoms with Gasteiger partial charge in [0.25, 0.3) is 5.56 Å². The molecule has 1 saturated heterocycles. The van der Waals surface area contributed by atoms with Crippen molar-refractivity contribution in [1.82, 2.24) is 14.7 Å².